The maximum atomic E-state index is 15.0. The van der Waals surface area contributed by atoms with Crippen LogP contribution in [0.25, 0.3) is 0 Å². The second-order valence-corrected chi connectivity index (χ2v) is 12.2. The summed E-state index contributed by atoms with van der Waals surface area (Å²) >= 11 is 0. The summed E-state index contributed by atoms with van der Waals surface area (Å²) in [6.45, 7) is 3.59. The first-order valence-electron chi connectivity index (χ1n) is 14.7. The largest absolute Gasteiger partial charge is 0.491 e. The summed E-state index contributed by atoms with van der Waals surface area (Å²) in [7, 11) is -2.53. The maximum absolute atomic E-state index is 15.0. The topological polar surface area (TPSA) is 164 Å². The zero-order valence-electron chi connectivity index (χ0n) is 25.7. The first kappa shape index (κ1) is 34.0. The predicted molar refractivity (Wildman–Crippen MR) is 167 cm³/mol. The molecule has 0 fully saturated rings. The number of aromatic hydroxyl groups is 1. The number of amides is 1. The van der Waals surface area contributed by atoms with Crippen molar-refractivity contribution in [2.24, 2.45) is 7.05 Å². The molecule has 0 aliphatic carbocycles. The number of aryl methyl sites for hydroxylation is 1. The van der Waals surface area contributed by atoms with Crippen LogP contribution >= 0.6 is 0 Å². The zero-order valence-corrected chi connectivity index (χ0v) is 26.5. The van der Waals surface area contributed by atoms with Crippen molar-refractivity contribution in [1.82, 2.24) is 18.7 Å². The smallest absolute Gasteiger partial charge is 0.335 e. The number of anilines is 1. The molecule has 0 aliphatic rings. The molecule has 0 radical (unpaired) electrons. The molecule has 0 bridgehead atoms. The Hall–Kier alpha value is -4.92. The minimum absolute atomic E-state index is 0.0395. The van der Waals surface area contributed by atoms with Gasteiger partial charge in [0.05, 0.1) is 37.1 Å². The number of hydrogen-bond donors (Lipinski definition) is 2. The van der Waals surface area contributed by atoms with Crippen molar-refractivity contribution in [1.29, 1.82) is 0 Å². The Balaban J connectivity index is 1.73. The van der Waals surface area contributed by atoms with Crippen LogP contribution < -0.4 is 19.9 Å². The minimum atomic E-state index is -4.02. The highest BCUT2D eigenvalue weighted by Crippen LogP contribution is 2.31. The monoisotopic (exact) mass is 657 g/mol. The maximum Gasteiger partial charge on any atom is 0.335 e. The molecular formula is C31H36FN5O8S. The lowest BCUT2D eigenvalue weighted by Gasteiger charge is -2.18. The molecule has 2 N–H and O–H groups in total. The highest BCUT2D eigenvalue weighted by Gasteiger charge is 2.38. The molecular weight excluding hydrogens is 621 g/mol. The number of rotatable bonds is 16. The van der Waals surface area contributed by atoms with Gasteiger partial charge in [-0.3, -0.25) is 14.2 Å². The van der Waals surface area contributed by atoms with Crippen molar-refractivity contribution in [3.63, 3.8) is 0 Å². The number of nitrogens with zero attached hydrogens (tertiary/aromatic N) is 4. The summed E-state index contributed by atoms with van der Waals surface area (Å²) in [4.78, 5) is 45.4. The van der Waals surface area contributed by atoms with E-state index in [2.05, 4.69) is 10.3 Å². The van der Waals surface area contributed by atoms with Crippen molar-refractivity contribution in [3.05, 3.63) is 88.6 Å². The number of Topliss-reactive ketones (excluding diaryl/α,β-unsaturated/α-hetero) is 1. The van der Waals surface area contributed by atoms with Gasteiger partial charge in [-0.05, 0) is 31.0 Å². The molecule has 0 saturated heterocycles. The third kappa shape index (κ3) is 7.83. The van der Waals surface area contributed by atoms with E-state index in [1.807, 2.05) is 6.92 Å². The van der Waals surface area contributed by atoms with Crippen LogP contribution in [0.2, 0.25) is 0 Å². The summed E-state index contributed by atoms with van der Waals surface area (Å²) in [5.41, 5.74) is -0.896. The molecule has 2 aromatic carbocycles. The van der Waals surface area contributed by atoms with Gasteiger partial charge in [-0.2, -0.15) is 8.42 Å². The summed E-state index contributed by atoms with van der Waals surface area (Å²) < 4.78 is 53.6. The Morgan fingerprint density at radius 3 is 2.48 bits per heavy atom. The lowest BCUT2D eigenvalue weighted by atomic mass is 10.1. The summed E-state index contributed by atoms with van der Waals surface area (Å²) in [5, 5.41) is 13.5. The fraction of sp³-hybridized carbons (Fsp3) is 0.355. The van der Waals surface area contributed by atoms with E-state index in [9.17, 15) is 32.3 Å². The Morgan fingerprint density at radius 2 is 1.83 bits per heavy atom. The van der Waals surface area contributed by atoms with Gasteiger partial charge in [0.15, 0.2) is 6.04 Å². The number of ketones is 1. The van der Waals surface area contributed by atoms with Crippen LogP contribution in [0.1, 0.15) is 61.6 Å². The second kappa shape index (κ2) is 14.9. The summed E-state index contributed by atoms with van der Waals surface area (Å²) in [6, 6.07) is 9.64. The first-order chi connectivity index (χ1) is 22.0. The molecule has 2 heterocycles. The van der Waals surface area contributed by atoms with Crippen molar-refractivity contribution < 1.29 is 36.4 Å². The van der Waals surface area contributed by atoms with E-state index >= 15 is 0 Å². The molecule has 2 aromatic heterocycles. The Kier molecular flexibility index (Phi) is 11.0. The average Bonchev–Trinajstić information content (AvgIpc) is 3.54. The fourth-order valence-electron chi connectivity index (χ4n) is 4.78. The Bertz CT molecular complexity index is 1850. The van der Waals surface area contributed by atoms with Gasteiger partial charge < -0.3 is 23.9 Å². The molecule has 46 heavy (non-hydrogen) atoms. The molecule has 13 nitrogen and oxygen atoms in total. The molecule has 0 saturated carbocycles. The average molecular weight is 658 g/mol. The predicted octanol–water partition coefficient (Wildman–Crippen LogP) is 4.03. The van der Waals surface area contributed by atoms with Crippen molar-refractivity contribution in [3.8, 4) is 17.5 Å². The van der Waals surface area contributed by atoms with Crippen LogP contribution in [-0.4, -0.2) is 56.3 Å². The zero-order chi connectivity index (χ0) is 33.4. The quantitative estimate of drug-likeness (QED) is 0.0784. The molecule has 0 spiro atoms. The van der Waals surface area contributed by atoms with Crippen LogP contribution in [0.5, 0.6) is 17.5 Å². The Labute approximate surface area is 265 Å². The van der Waals surface area contributed by atoms with E-state index in [1.54, 1.807) is 37.3 Å². The molecule has 0 aliphatic heterocycles. The lowest BCUT2D eigenvalue weighted by Crippen LogP contribution is -2.39. The van der Waals surface area contributed by atoms with Gasteiger partial charge in [0, 0.05) is 13.1 Å². The summed E-state index contributed by atoms with van der Waals surface area (Å²) in [6.07, 6.45) is 5.34. The third-order valence-electron chi connectivity index (χ3n) is 7.06. The SMILES string of the molecule is CCCCCCS(=O)(=O)Oc1ccc(F)c(NC(=O)C(C(=O)c2cncn2C)n2c(O)c(OCC)n(Cc3ccccc3)c2=O)c1. The summed E-state index contributed by atoms with van der Waals surface area (Å²) in [5.74, 6) is -4.73. The molecule has 4 rings (SSSR count). The van der Waals surface area contributed by atoms with E-state index in [4.69, 9.17) is 8.92 Å². The second-order valence-electron chi connectivity index (χ2n) is 10.5. The van der Waals surface area contributed by atoms with Gasteiger partial charge in [-0.25, -0.2) is 18.7 Å². The van der Waals surface area contributed by atoms with Crippen LogP contribution in [0, 0.1) is 5.82 Å². The normalized spacial score (nSPS) is 12.1. The number of carbonyl (C=O) groups is 2. The molecule has 15 heteroatoms. The van der Waals surface area contributed by atoms with E-state index in [-0.39, 0.29) is 36.2 Å². The van der Waals surface area contributed by atoms with Crippen LogP contribution in [0.15, 0.2) is 65.8 Å². The van der Waals surface area contributed by atoms with Crippen LogP contribution in [0.3, 0.4) is 0 Å². The number of halogens is 1. The van der Waals surface area contributed by atoms with Gasteiger partial charge in [-0.15, -0.1) is 0 Å². The number of unbranched alkanes of at least 4 members (excludes halogenated alkanes) is 3. The van der Waals surface area contributed by atoms with Gasteiger partial charge in [0.2, 0.25) is 5.78 Å². The molecule has 1 amide bonds. The van der Waals surface area contributed by atoms with Gasteiger partial charge in [0.25, 0.3) is 17.7 Å². The first-order valence-corrected chi connectivity index (χ1v) is 16.3. The lowest BCUT2D eigenvalue weighted by molar-refractivity contribution is -0.118. The van der Waals surface area contributed by atoms with Gasteiger partial charge in [-0.1, -0.05) is 56.5 Å². The van der Waals surface area contributed by atoms with Crippen molar-refractivity contribution in [2.75, 3.05) is 17.7 Å². The standard InChI is InChI=1S/C31H36FN5O8S/c1-4-6-7-11-16-46(42,43)45-22-14-15-23(32)24(17-22)34-28(39)26(27(38)25-18-33-20-35(25)3)37-29(40)30(44-5-2)36(31(37)41)19-21-12-9-8-10-13-21/h8-10,12-15,17-18,20,26,40H,4-7,11,16,19H2,1-3H3,(H,34,39). The van der Waals surface area contributed by atoms with Crippen molar-refractivity contribution in [2.45, 2.75) is 52.1 Å². The van der Waals surface area contributed by atoms with E-state index < -0.39 is 50.9 Å². The number of aromatic nitrogens is 4. The molecule has 4 aromatic rings. The fourth-order valence-corrected chi connectivity index (χ4v) is 5.82. The molecule has 1 atom stereocenters. The third-order valence-corrected chi connectivity index (χ3v) is 8.29. The van der Waals surface area contributed by atoms with Gasteiger partial charge >= 0.3 is 15.8 Å². The van der Waals surface area contributed by atoms with Crippen LogP contribution in [-0.2, 0) is 28.5 Å². The molecule has 246 valence electrons. The highest BCUT2D eigenvalue weighted by atomic mass is 32.2. The highest BCUT2D eigenvalue weighted by molar-refractivity contribution is 7.87. The van der Waals surface area contributed by atoms with E-state index in [0.717, 1.165) is 35.6 Å². The number of benzene rings is 2. The minimum Gasteiger partial charge on any atom is -0.491 e. The number of nitrogens with one attached hydrogen (secondary N) is 1. The Morgan fingerprint density at radius 1 is 1.09 bits per heavy atom. The molecule has 1 unspecified atom stereocenters. The number of imidazole rings is 2. The van der Waals surface area contributed by atoms with E-state index in [0.29, 0.717) is 23.0 Å². The number of carbonyl (C=O) groups excluding carboxylic acids is 2. The van der Waals surface area contributed by atoms with Crippen molar-refractivity contribution >= 4 is 27.5 Å². The van der Waals surface area contributed by atoms with Gasteiger partial charge in [0.1, 0.15) is 17.3 Å². The van der Waals surface area contributed by atoms with E-state index in [1.165, 1.54) is 24.1 Å². The number of hydrogen-bond acceptors (Lipinski definition) is 9. The number of ether oxygens (including phenoxy) is 1. The van der Waals surface area contributed by atoms with Crippen LogP contribution in [0.4, 0.5) is 10.1 Å².